The first-order chi connectivity index (χ1) is 17.5. The summed E-state index contributed by atoms with van der Waals surface area (Å²) >= 11 is 0. The average molecular weight is 524 g/mol. The summed E-state index contributed by atoms with van der Waals surface area (Å²) in [4.78, 5) is 16.4. The highest BCUT2D eigenvalue weighted by Gasteiger charge is 2.43. The Morgan fingerprint density at radius 1 is 1.32 bits per heavy atom. The fraction of sp³-hybridized carbons (Fsp3) is 0.400. The number of halogens is 5. The van der Waals surface area contributed by atoms with E-state index in [1.54, 1.807) is 0 Å². The monoisotopic (exact) mass is 524 g/mol. The number of piperidine rings is 1. The summed E-state index contributed by atoms with van der Waals surface area (Å²) in [5.41, 5.74) is -1.53. The van der Waals surface area contributed by atoms with Gasteiger partial charge in [-0.05, 0) is 38.1 Å². The molecule has 1 fully saturated rings. The van der Waals surface area contributed by atoms with Crippen LogP contribution in [0.15, 0.2) is 34.9 Å². The lowest BCUT2D eigenvalue weighted by Gasteiger charge is -2.32. The standard InChI is InChI=1S/C23H19F5N4O3.C2H6/c1-12-18(21(33)32-17-6-8-30-11-22(17,24)25)19-14(9-29)15(4-5-16(19)35-12)34-10-13-3-2-7-31-20(13)23(26,27)28;1-2/h2-5,7,17,30H,6,8,10-11H2,1H3,(H,32,33);1-2H3. The van der Waals surface area contributed by atoms with Gasteiger partial charge in [0, 0.05) is 11.8 Å². The van der Waals surface area contributed by atoms with Gasteiger partial charge in [0.05, 0.1) is 23.5 Å². The van der Waals surface area contributed by atoms with Crippen LogP contribution in [-0.2, 0) is 12.8 Å². The van der Waals surface area contributed by atoms with Crippen molar-refractivity contribution in [3.8, 4) is 11.8 Å². The SMILES string of the molecule is CC.Cc1oc2ccc(OCc3cccnc3C(F)(F)F)c(C#N)c2c1C(=O)NC1CCNCC1(F)F. The number of nitrogens with one attached hydrogen (secondary N) is 2. The van der Waals surface area contributed by atoms with E-state index in [-0.39, 0.29) is 45.6 Å². The lowest BCUT2D eigenvalue weighted by atomic mass is 10.00. The van der Waals surface area contributed by atoms with Gasteiger partial charge in [-0.2, -0.15) is 18.4 Å². The molecule has 2 aromatic heterocycles. The first-order valence-electron chi connectivity index (χ1n) is 11.5. The summed E-state index contributed by atoms with van der Waals surface area (Å²) in [6, 6.07) is 5.70. The zero-order valence-electron chi connectivity index (χ0n) is 20.3. The second-order valence-electron chi connectivity index (χ2n) is 8.01. The number of fused-ring (bicyclic) bond motifs is 1. The van der Waals surface area contributed by atoms with E-state index >= 15 is 0 Å². The number of furan rings is 1. The van der Waals surface area contributed by atoms with Crippen LogP contribution in [0, 0.1) is 18.3 Å². The van der Waals surface area contributed by atoms with Crippen molar-refractivity contribution in [2.75, 3.05) is 13.1 Å². The van der Waals surface area contributed by atoms with Crippen LogP contribution < -0.4 is 15.4 Å². The molecule has 0 radical (unpaired) electrons. The predicted molar refractivity (Wildman–Crippen MR) is 124 cm³/mol. The van der Waals surface area contributed by atoms with Crippen molar-refractivity contribution in [2.45, 2.75) is 51.9 Å². The first kappa shape index (κ1) is 27.9. The molecule has 1 amide bonds. The number of alkyl halides is 5. The highest BCUT2D eigenvalue weighted by Crippen LogP contribution is 2.36. The van der Waals surface area contributed by atoms with Crippen molar-refractivity contribution in [2.24, 2.45) is 0 Å². The molecule has 1 aliphatic rings. The Morgan fingerprint density at radius 2 is 2.05 bits per heavy atom. The van der Waals surface area contributed by atoms with E-state index in [4.69, 9.17) is 9.15 Å². The molecule has 3 heterocycles. The van der Waals surface area contributed by atoms with Crippen LogP contribution in [0.2, 0.25) is 0 Å². The Hall–Kier alpha value is -3.72. The summed E-state index contributed by atoms with van der Waals surface area (Å²) in [5.74, 6) is -4.03. The first-order valence-corrected chi connectivity index (χ1v) is 11.5. The smallest absolute Gasteiger partial charge is 0.433 e. The number of benzene rings is 1. The van der Waals surface area contributed by atoms with Crippen LogP contribution in [-0.4, -0.2) is 35.9 Å². The molecule has 12 heteroatoms. The Labute approximate surface area is 209 Å². The summed E-state index contributed by atoms with van der Waals surface area (Å²) in [6.45, 7) is 4.60. The van der Waals surface area contributed by atoms with Gasteiger partial charge in [0.25, 0.3) is 11.8 Å². The Kier molecular flexibility index (Phi) is 8.38. The third-order valence-corrected chi connectivity index (χ3v) is 5.66. The van der Waals surface area contributed by atoms with Crippen LogP contribution in [0.1, 0.15) is 53.2 Å². The number of aryl methyl sites for hydroxylation is 1. The third kappa shape index (κ3) is 5.83. The average Bonchev–Trinajstić information content (AvgIpc) is 3.20. The van der Waals surface area contributed by atoms with E-state index in [1.807, 2.05) is 19.9 Å². The van der Waals surface area contributed by atoms with E-state index < -0.39 is 42.9 Å². The highest BCUT2D eigenvalue weighted by atomic mass is 19.4. The molecule has 1 unspecified atom stereocenters. The quantitative estimate of drug-likeness (QED) is 0.436. The molecule has 1 saturated heterocycles. The Balaban J connectivity index is 0.00000186. The van der Waals surface area contributed by atoms with Gasteiger partial charge in [0.1, 0.15) is 35.3 Å². The lowest BCUT2D eigenvalue weighted by molar-refractivity contribution is -0.142. The summed E-state index contributed by atoms with van der Waals surface area (Å²) in [7, 11) is 0. The van der Waals surface area contributed by atoms with E-state index in [9.17, 15) is 32.0 Å². The number of carbonyl (C=O) groups excluding carboxylic acids is 1. The topological polar surface area (TPSA) is 100 Å². The Bertz CT molecular complexity index is 1310. The number of nitrogens with zero attached hydrogens (tertiary/aromatic N) is 2. The molecular formula is C25H25F5N4O3. The van der Waals surface area contributed by atoms with Gasteiger partial charge in [0.15, 0.2) is 5.69 Å². The molecule has 3 aromatic rings. The maximum absolute atomic E-state index is 14.2. The molecule has 4 rings (SSSR count). The molecule has 0 spiro atoms. The van der Waals surface area contributed by atoms with Crippen LogP contribution in [0.25, 0.3) is 11.0 Å². The molecule has 1 aliphatic heterocycles. The summed E-state index contributed by atoms with van der Waals surface area (Å²) < 4.78 is 79.2. The number of aromatic nitrogens is 1. The van der Waals surface area contributed by atoms with Crippen molar-refractivity contribution >= 4 is 16.9 Å². The van der Waals surface area contributed by atoms with Crippen molar-refractivity contribution < 1.29 is 35.9 Å². The largest absolute Gasteiger partial charge is 0.487 e. The zero-order valence-corrected chi connectivity index (χ0v) is 20.3. The van der Waals surface area contributed by atoms with Crippen molar-refractivity contribution in [3.63, 3.8) is 0 Å². The van der Waals surface area contributed by atoms with Gasteiger partial charge in [-0.25, -0.2) is 8.78 Å². The minimum Gasteiger partial charge on any atom is -0.487 e. The molecule has 0 aliphatic carbocycles. The number of hydrogen-bond donors (Lipinski definition) is 2. The molecule has 37 heavy (non-hydrogen) atoms. The van der Waals surface area contributed by atoms with Gasteiger partial charge < -0.3 is 19.8 Å². The normalized spacial score (nSPS) is 16.9. The second-order valence-corrected chi connectivity index (χ2v) is 8.01. The van der Waals surface area contributed by atoms with E-state index in [1.165, 1.54) is 31.2 Å². The van der Waals surface area contributed by atoms with Crippen LogP contribution in [0.3, 0.4) is 0 Å². The molecule has 198 valence electrons. The maximum Gasteiger partial charge on any atom is 0.433 e. The molecule has 0 bridgehead atoms. The fourth-order valence-electron chi connectivity index (χ4n) is 4.00. The van der Waals surface area contributed by atoms with Gasteiger partial charge in [-0.3, -0.25) is 9.78 Å². The molecule has 7 nitrogen and oxygen atoms in total. The molecule has 0 saturated carbocycles. The fourth-order valence-corrected chi connectivity index (χ4v) is 4.00. The molecule has 1 aromatic carbocycles. The van der Waals surface area contributed by atoms with Crippen LogP contribution in [0.5, 0.6) is 5.75 Å². The van der Waals surface area contributed by atoms with E-state index in [0.717, 1.165) is 6.20 Å². The molecular weight excluding hydrogens is 499 g/mol. The Morgan fingerprint density at radius 3 is 2.70 bits per heavy atom. The highest BCUT2D eigenvalue weighted by molar-refractivity contribution is 6.09. The summed E-state index contributed by atoms with van der Waals surface area (Å²) in [5, 5.41) is 14.7. The number of ether oxygens (including phenoxy) is 1. The van der Waals surface area contributed by atoms with Gasteiger partial charge in [0.2, 0.25) is 0 Å². The summed E-state index contributed by atoms with van der Waals surface area (Å²) in [6.07, 6.45) is -3.70. The minimum atomic E-state index is -4.70. The molecule has 1 atom stereocenters. The van der Waals surface area contributed by atoms with Crippen molar-refractivity contribution in [3.05, 3.63) is 58.6 Å². The van der Waals surface area contributed by atoms with Crippen LogP contribution in [0.4, 0.5) is 22.0 Å². The number of carbonyl (C=O) groups is 1. The van der Waals surface area contributed by atoms with Gasteiger partial charge >= 0.3 is 6.18 Å². The van der Waals surface area contributed by atoms with Gasteiger partial charge in [-0.15, -0.1) is 0 Å². The van der Waals surface area contributed by atoms with E-state index in [0.29, 0.717) is 6.54 Å². The van der Waals surface area contributed by atoms with Crippen molar-refractivity contribution in [1.29, 1.82) is 5.26 Å². The lowest BCUT2D eigenvalue weighted by Crippen LogP contribution is -2.57. The number of hydrogen-bond acceptors (Lipinski definition) is 6. The third-order valence-electron chi connectivity index (χ3n) is 5.66. The number of amides is 1. The number of pyridine rings is 1. The maximum atomic E-state index is 14.2. The van der Waals surface area contributed by atoms with Gasteiger partial charge in [-0.1, -0.05) is 19.9 Å². The van der Waals surface area contributed by atoms with E-state index in [2.05, 4.69) is 15.6 Å². The number of nitriles is 1. The van der Waals surface area contributed by atoms with Crippen LogP contribution >= 0.6 is 0 Å². The predicted octanol–water partition coefficient (Wildman–Crippen LogP) is 5.36. The zero-order chi connectivity index (χ0) is 27.4. The minimum absolute atomic E-state index is 0.000308. The van der Waals surface area contributed by atoms with Crippen molar-refractivity contribution in [1.82, 2.24) is 15.6 Å². The second kappa shape index (κ2) is 11.1. The molecule has 2 N–H and O–H groups in total. The number of rotatable bonds is 5.